The Kier molecular flexibility index (Phi) is 4.73. The summed E-state index contributed by atoms with van der Waals surface area (Å²) in [6.07, 6.45) is 1.07. The largest absolute Gasteiger partial charge is 0.481 e. The minimum absolute atomic E-state index is 0.344. The summed E-state index contributed by atoms with van der Waals surface area (Å²) in [5, 5.41) is 15.1. The molecule has 0 saturated carbocycles. The molecule has 5 heteroatoms. The number of hydrogen-bond donors (Lipinski definition) is 2. The van der Waals surface area contributed by atoms with Crippen molar-refractivity contribution in [2.45, 2.75) is 52.5 Å². The molecule has 0 bridgehead atoms. The molecule has 0 aromatic carbocycles. The fourth-order valence-corrected chi connectivity index (χ4v) is 2.70. The third kappa shape index (κ3) is 3.70. The fourth-order valence-electron chi connectivity index (χ4n) is 1.71. The predicted molar refractivity (Wildman–Crippen MR) is 75.3 cm³/mol. The molecule has 0 aliphatic carbocycles. The number of carboxylic acids is 1. The second kappa shape index (κ2) is 5.69. The first-order chi connectivity index (χ1) is 8.23. The van der Waals surface area contributed by atoms with Crippen LogP contribution in [0.5, 0.6) is 0 Å². The van der Waals surface area contributed by atoms with Crippen molar-refractivity contribution in [1.29, 1.82) is 0 Å². The molecular formula is C13H22N2O2S. The van der Waals surface area contributed by atoms with Crippen LogP contribution in [0.2, 0.25) is 0 Å². The summed E-state index contributed by atoms with van der Waals surface area (Å²) >= 11 is 1.46. The van der Waals surface area contributed by atoms with Gasteiger partial charge in [0.2, 0.25) is 0 Å². The van der Waals surface area contributed by atoms with Crippen LogP contribution in [-0.2, 0) is 10.2 Å². The van der Waals surface area contributed by atoms with E-state index in [-0.39, 0.29) is 0 Å². The standard InChI is InChI=1S/C13H22N2O2S/c1-8(2)6-9(3)14-12-15-10(7-18-12)13(4,5)11(16)17/h7-9H,6H2,1-5H3,(H,14,15)(H,16,17). The molecule has 1 aromatic heterocycles. The van der Waals surface area contributed by atoms with E-state index in [0.717, 1.165) is 11.6 Å². The molecule has 1 rings (SSSR count). The van der Waals surface area contributed by atoms with Crippen LogP contribution in [0.3, 0.4) is 0 Å². The molecule has 0 aliphatic heterocycles. The monoisotopic (exact) mass is 270 g/mol. The summed E-state index contributed by atoms with van der Waals surface area (Å²) in [4.78, 5) is 15.5. The smallest absolute Gasteiger partial charge is 0.315 e. The van der Waals surface area contributed by atoms with Gasteiger partial charge in [0.25, 0.3) is 0 Å². The van der Waals surface area contributed by atoms with Crippen LogP contribution < -0.4 is 5.32 Å². The molecule has 1 atom stereocenters. The van der Waals surface area contributed by atoms with Crippen LogP contribution in [0.25, 0.3) is 0 Å². The van der Waals surface area contributed by atoms with Gasteiger partial charge in [0.15, 0.2) is 5.13 Å². The second-order valence-electron chi connectivity index (χ2n) is 5.64. The molecule has 1 heterocycles. The average molecular weight is 270 g/mol. The Morgan fingerprint density at radius 3 is 2.61 bits per heavy atom. The lowest BCUT2D eigenvalue weighted by Gasteiger charge is -2.17. The number of hydrogen-bond acceptors (Lipinski definition) is 4. The number of aromatic nitrogens is 1. The van der Waals surface area contributed by atoms with Gasteiger partial charge in [-0.3, -0.25) is 4.79 Å². The molecule has 0 fully saturated rings. The van der Waals surface area contributed by atoms with Crippen molar-refractivity contribution in [3.05, 3.63) is 11.1 Å². The number of anilines is 1. The Morgan fingerprint density at radius 1 is 1.50 bits per heavy atom. The van der Waals surface area contributed by atoms with Gasteiger partial charge in [-0.2, -0.15) is 0 Å². The number of nitrogens with zero attached hydrogens (tertiary/aromatic N) is 1. The van der Waals surface area contributed by atoms with Gasteiger partial charge in [0.1, 0.15) is 5.41 Å². The highest BCUT2D eigenvalue weighted by Crippen LogP contribution is 2.28. The Morgan fingerprint density at radius 2 is 2.11 bits per heavy atom. The molecule has 1 aromatic rings. The van der Waals surface area contributed by atoms with E-state index in [4.69, 9.17) is 5.11 Å². The molecule has 0 aliphatic rings. The lowest BCUT2D eigenvalue weighted by Crippen LogP contribution is -2.29. The molecule has 0 spiro atoms. The molecule has 1 unspecified atom stereocenters. The quantitative estimate of drug-likeness (QED) is 0.832. The molecule has 0 amide bonds. The van der Waals surface area contributed by atoms with E-state index in [1.165, 1.54) is 11.3 Å². The maximum Gasteiger partial charge on any atom is 0.315 e. The van der Waals surface area contributed by atoms with Crippen molar-refractivity contribution < 1.29 is 9.90 Å². The first-order valence-electron chi connectivity index (χ1n) is 6.19. The SMILES string of the molecule is CC(C)CC(C)Nc1nc(C(C)(C)C(=O)O)cs1. The van der Waals surface area contributed by atoms with Gasteiger partial charge in [0, 0.05) is 11.4 Å². The summed E-state index contributed by atoms with van der Waals surface area (Å²) < 4.78 is 0. The molecule has 18 heavy (non-hydrogen) atoms. The maximum atomic E-state index is 11.1. The highest BCUT2D eigenvalue weighted by molar-refractivity contribution is 7.13. The van der Waals surface area contributed by atoms with E-state index in [2.05, 4.69) is 31.1 Å². The second-order valence-corrected chi connectivity index (χ2v) is 6.50. The average Bonchev–Trinajstić information content (AvgIpc) is 2.64. The highest BCUT2D eigenvalue weighted by atomic mass is 32.1. The lowest BCUT2D eigenvalue weighted by molar-refractivity contribution is -0.142. The van der Waals surface area contributed by atoms with E-state index in [9.17, 15) is 4.79 Å². The fraction of sp³-hybridized carbons (Fsp3) is 0.692. The van der Waals surface area contributed by atoms with Crippen molar-refractivity contribution in [3.63, 3.8) is 0 Å². The van der Waals surface area contributed by atoms with Crippen LogP contribution in [0, 0.1) is 5.92 Å². The van der Waals surface area contributed by atoms with Crippen LogP contribution in [0.15, 0.2) is 5.38 Å². The number of carboxylic acid groups (broad SMARTS) is 1. The van der Waals surface area contributed by atoms with E-state index >= 15 is 0 Å². The number of rotatable bonds is 6. The van der Waals surface area contributed by atoms with Gasteiger partial charge in [-0.15, -0.1) is 11.3 Å². The summed E-state index contributed by atoms with van der Waals surface area (Å²) in [6, 6.07) is 0.344. The summed E-state index contributed by atoms with van der Waals surface area (Å²) in [5.74, 6) is -0.225. The number of aliphatic carboxylic acids is 1. The van der Waals surface area contributed by atoms with Crippen molar-refractivity contribution in [3.8, 4) is 0 Å². The van der Waals surface area contributed by atoms with Crippen molar-refractivity contribution in [1.82, 2.24) is 4.98 Å². The third-order valence-electron chi connectivity index (χ3n) is 2.87. The number of carbonyl (C=O) groups is 1. The van der Waals surface area contributed by atoms with E-state index in [0.29, 0.717) is 17.7 Å². The predicted octanol–water partition coefficient (Wildman–Crippen LogP) is 3.35. The summed E-state index contributed by atoms with van der Waals surface area (Å²) in [5.41, 5.74) is -0.322. The highest BCUT2D eigenvalue weighted by Gasteiger charge is 2.32. The minimum Gasteiger partial charge on any atom is -0.481 e. The summed E-state index contributed by atoms with van der Waals surface area (Å²) in [6.45, 7) is 9.82. The number of nitrogens with one attached hydrogen (secondary N) is 1. The molecule has 4 nitrogen and oxygen atoms in total. The molecule has 102 valence electrons. The van der Waals surface area contributed by atoms with E-state index in [1.54, 1.807) is 13.8 Å². The van der Waals surface area contributed by atoms with Gasteiger partial charge in [0.05, 0.1) is 5.69 Å². The molecular weight excluding hydrogens is 248 g/mol. The van der Waals surface area contributed by atoms with Crippen LogP contribution in [0.1, 0.15) is 46.7 Å². The number of thiazole rings is 1. The maximum absolute atomic E-state index is 11.1. The lowest BCUT2D eigenvalue weighted by atomic mass is 9.90. The zero-order valence-corrected chi connectivity index (χ0v) is 12.5. The van der Waals surface area contributed by atoms with Gasteiger partial charge < -0.3 is 10.4 Å². The Balaban J connectivity index is 2.72. The molecule has 2 N–H and O–H groups in total. The molecule has 0 radical (unpaired) electrons. The van der Waals surface area contributed by atoms with E-state index < -0.39 is 11.4 Å². The van der Waals surface area contributed by atoms with Crippen molar-refractivity contribution in [2.24, 2.45) is 5.92 Å². The Hall–Kier alpha value is -1.10. The van der Waals surface area contributed by atoms with Gasteiger partial charge in [-0.25, -0.2) is 4.98 Å². The molecule has 0 saturated heterocycles. The third-order valence-corrected chi connectivity index (χ3v) is 3.65. The van der Waals surface area contributed by atoms with Crippen molar-refractivity contribution in [2.75, 3.05) is 5.32 Å². The van der Waals surface area contributed by atoms with Gasteiger partial charge >= 0.3 is 5.97 Å². The van der Waals surface area contributed by atoms with Crippen molar-refractivity contribution >= 4 is 22.4 Å². The first kappa shape index (κ1) is 15.0. The Bertz CT molecular complexity index is 413. The Labute approximate surface area is 112 Å². The van der Waals surface area contributed by atoms with Crippen LogP contribution in [-0.4, -0.2) is 22.1 Å². The van der Waals surface area contributed by atoms with Crippen LogP contribution in [0.4, 0.5) is 5.13 Å². The summed E-state index contributed by atoms with van der Waals surface area (Å²) in [7, 11) is 0. The van der Waals surface area contributed by atoms with E-state index in [1.807, 2.05) is 5.38 Å². The zero-order valence-electron chi connectivity index (χ0n) is 11.7. The first-order valence-corrected chi connectivity index (χ1v) is 7.07. The van der Waals surface area contributed by atoms with Gasteiger partial charge in [-0.05, 0) is 33.1 Å². The van der Waals surface area contributed by atoms with Gasteiger partial charge in [-0.1, -0.05) is 13.8 Å². The van der Waals surface area contributed by atoms with Crippen LogP contribution >= 0.6 is 11.3 Å². The minimum atomic E-state index is -0.933. The normalized spacial score (nSPS) is 13.7. The topological polar surface area (TPSA) is 62.2 Å². The zero-order chi connectivity index (χ0) is 13.9.